The Labute approximate surface area is 79.5 Å². The molecule has 0 unspecified atom stereocenters. The smallest absolute Gasteiger partial charge is 0.332 e. The van der Waals surface area contributed by atoms with E-state index in [0.717, 1.165) is 6.92 Å². The molecule has 6 heteroatoms. The first-order valence-corrected chi connectivity index (χ1v) is 3.74. The SMILES string of the molecule is C/C(C(=O)O)=C(\CCC(=O)O)C(=O)O. The first-order valence-electron chi connectivity index (χ1n) is 3.74. The molecule has 14 heavy (non-hydrogen) atoms. The average molecular weight is 202 g/mol. The molecule has 6 nitrogen and oxygen atoms in total. The van der Waals surface area contributed by atoms with Gasteiger partial charge in [-0.25, -0.2) is 9.59 Å². The molecule has 0 aromatic carbocycles. The normalized spacial score (nSPS) is 11.8. The molecule has 0 heterocycles. The van der Waals surface area contributed by atoms with Gasteiger partial charge in [-0.05, 0) is 13.3 Å². The van der Waals surface area contributed by atoms with E-state index in [9.17, 15) is 14.4 Å². The van der Waals surface area contributed by atoms with Crippen molar-refractivity contribution in [2.75, 3.05) is 0 Å². The molecule has 3 N–H and O–H groups in total. The van der Waals surface area contributed by atoms with Crippen molar-refractivity contribution in [2.45, 2.75) is 19.8 Å². The van der Waals surface area contributed by atoms with Crippen LogP contribution >= 0.6 is 0 Å². The van der Waals surface area contributed by atoms with Crippen molar-refractivity contribution in [3.63, 3.8) is 0 Å². The molecule has 0 bridgehead atoms. The minimum atomic E-state index is -1.40. The highest BCUT2D eigenvalue weighted by molar-refractivity contribution is 5.98. The number of hydrogen-bond donors (Lipinski definition) is 3. The maximum Gasteiger partial charge on any atom is 0.332 e. The zero-order chi connectivity index (χ0) is 11.3. The highest BCUT2D eigenvalue weighted by Crippen LogP contribution is 2.11. The highest BCUT2D eigenvalue weighted by Gasteiger charge is 2.16. The molecule has 0 saturated carbocycles. The number of carboxylic acid groups (broad SMARTS) is 3. The zero-order valence-electron chi connectivity index (χ0n) is 7.48. The van der Waals surface area contributed by atoms with Crippen molar-refractivity contribution in [1.29, 1.82) is 0 Å². The van der Waals surface area contributed by atoms with Crippen LogP contribution in [0.4, 0.5) is 0 Å². The summed E-state index contributed by atoms with van der Waals surface area (Å²) in [6, 6.07) is 0. The fourth-order valence-electron chi connectivity index (χ4n) is 0.816. The molecule has 78 valence electrons. The quantitative estimate of drug-likeness (QED) is 0.554. The maximum atomic E-state index is 10.5. The van der Waals surface area contributed by atoms with Gasteiger partial charge in [0.15, 0.2) is 0 Å². The van der Waals surface area contributed by atoms with E-state index in [2.05, 4.69) is 0 Å². The molecular weight excluding hydrogens is 192 g/mol. The Kier molecular flexibility index (Phi) is 4.34. The minimum Gasteiger partial charge on any atom is -0.481 e. The van der Waals surface area contributed by atoms with E-state index < -0.39 is 24.3 Å². The fourth-order valence-corrected chi connectivity index (χ4v) is 0.816. The minimum absolute atomic E-state index is 0.289. The molecule has 0 spiro atoms. The van der Waals surface area contributed by atoms with E-state index in [0.29, 0.717) is 0 Å². The van der Waals surface area contributed by atoms with Crippen LogP contribution in [0.15, 0.2) is 11.1 Å². The molecule has 0 aromatic heterocycles. The summed E-state index contributed by atoms with van der Waals surface area (Å²) in [5, 5.41) is 25.4. The van der Waals surface area contributed by atoms with Crippen molar-refractivity contribution in [3.05, 3.63) is 11.1 Å². The summed E-state index contributed by atoms with van der Waals surface area (Å²) in [6.07, 6.45) is -0.685. The topological polar surface area (TPSA) is 112 Å². The van der Waals surface area contributed by atoms with Gasteiger partial charge in [0.05, 0.1) is 0 Å². The predicted molar refractivity (Wildman–Crippen MR) is 44.8 cm³/mol. The van der Waals surface area contributed by atoms with Crippen LogP contribution in [0.25, 0.3) is 0 Å². The second-order valence-electron chi connectivity index (χ2n) is 2.61. The molecule has 0 aliphatic heterocycles. The second-order valence-corrected chi connectivity index (χ2v) is 2.61. The van der Waals surface area contributed by atoms with Crippen LogP contribution in [0.5, 0.6) is 0 Å². The summed E-state index contributed by atoms with van der Waals surface area (Å²) in [6.45, 7) is 1.13. The lowest BCUT2D eigenvalue weighted by Crippen LogP contribution is -2.10. The molecule has 0 aliphatic carbocycles. The Morgan fingerprint density at radius 2 is 1.43 bits per heavy atom. The summed E-state index contributed by atoms with van der Waals surface area (Å²) >= 11 is 0. The van der Waals surface area contributed by atoms with Gasteiger partial charge in [-0.2, -0.15) is 0 Å². The van der Waals surface area contributed by atoms with E-state index >= 15 is 0 Å². The first kappa shape index (κ1) is 12.2. The lowest BCUT2D eigenvalue weighted by molar-refractivity contribution is -0.138. The van der Waals surface area contributed by atoms with Crippen molar-refractivity contribution in [3.8, 4) is 0 Å². The van der Waals surface area contributed by atoms with Crippen molar-refractivity contribution in [2.24, 2.45) is 0 Å². The van der Waals surface area contributed by atoms with Crippen LogP contribution < -0.4 is 0 Å². The number of hydrogen-bond acceptors (Lipinski definition) is 3. The van der Waals surface area contributed by atoms with Crippen LogP contribution in [0.1, 0.15) is 19.8 Å². The number of rotatable bonds is 5. The summed E-state index contributed by atoms with van der Waals surface area (Å²) in [7, 11) is 0. The third-order valence-electron chi connectivity index (χ3n) is 1.62. The van der Waals surface area contributed by atoms with Crippen LogP contribution in [0, 0.1) is 0 Å². The van der Waals surface area contributed by atoms with Gasteiger partial charge in [-0.1, -0.05) is 0 Å². The van der Waals surface area contributed by atoms with Gasteiger partial charge in [0.1, 0.15) is 0 Å². The van der Waals surface area contributed by atoms with Gasteiger partial charge >= 0.3 is 17.9 Å². The van der Waals surface area contributed by atoms with Gasteiger partial charge in [0.2, 0.25) is 0 Å². The molecule has 0 amide bonds. The van der Waals surface area contributed by atoms with Gasteiger partial charge in [0, 0.05) is 17.6 Å². The van der Waals surface area contributed by atoms with Gasteiger partial charge in [-0.3, -0.25) is 4.79 Å². The largest absolute Gasteiger partial charge is 0.481 e. The molecule has 0 aliphatic rings. The van der Waals surface area contributed by atoms with E-state index in [1.807, 2.05) is 0 Å². The molecule has 0 fully saturated rings. The van der Waals surface area contributed by atoms with Crippen molar-refractivity contribution < 1.29 is 29.7 Å². The fraction of sp³-hybridized carbons (Fsp3) is 0.375. The average Bonchev–Trinajstić information content (AvgIpc) is 2.02. The molecule has 0 rings (SSSR count). The van der Waals surface area contributed by atoms with Crippen LogP contribution in [-0.2, 0) is 14.4 Å². The summed E-state index contributed by atoms with van der Waals surface area (Å²) in [4.78, 5) is 31.1. The number of aliphatic carboxylic acids is 3. The van der Waals surface area contributed by atoms with Gasteiger partial charge in [-0.15, -0.1) is 0 Å². The summed E-state index contributed by atoms with van der Waals surface area (Å²) in [5.41, 5.74) is -0.710. The van der Waals surface area contributed by atoms with Gasteiger partial charge in [0.25, 0.3) is 0 Å². The highest BCUT2D eigenvalue weighted by atomic mass is 16.4. The summed E-state index contributed by atoms with van der Waals surface area (Å²) < 4.78 is 0. The van der Waals surface area contributed by atoms with Crippen molar-refractivity contribution >= 4 is 17.9 Å². The Hall–Kier alpha value is -1.85. The Morgan fingerprint density at radius 3 is 1.71 bits per heavy atom. The van der Waals surface area contributed by atoms with Crippen molar-refractivity contribution in [1.82, 2.24) is 0 Å². The predicted octanol–water partition coefficient (Wildman–Crippen LogP) is 0.337. The van der Waals surface area contributed by atoms with Gasteiger partial charge < -0.3 is 15.3 Å². The Morgan fingerprint density at radius 1 is 0.929 bits per heavy atom. The van der Waals surface area contributed by atoms with E-state index in [1.165, 1.54) is 0 Å². The molecule has 0 radical (unpaired) electrons. The monoisotopic (exact) mass is 202 g/mol. The van der Waals surface area contributed by atoms with E-state index in [4.69, 9.17) is 15.3 Å². The molecule has 0 saturated heterocycles. The second kappa shape index (κ2) is 5.00. The molecule has 0 aromatic rings. The summed E-state index contributed by atoms with van der Waals surface area (Å²) in [5.74, 6) is -3.92. The standard InChI is InChI=1S/C8H10O6/c1-4(7(11)12)5(8(13)14)2-3-6(9)10/h2-3H2,1H3,(H,9,10)(H,11,12)(H,13,14)/b5-4-. The van der Waals surface area contributed by atoms with Crippen LogP contribution in [-0.4, -0.2) is 33.2 Å². The Bertz CT molecular complexity index is 301. The maximum absolute atomic E-state index is 10.5. The lowest BCUT2D eigenvalue weighted by Gasteiger charge is -2.02. The zero-order valence-corrected chi connectivity index (χ0v) is 7.48. The Balaban J connectivity index is 4.77. The molecule has 0 atom stereocenters. The van der Waals surface area contributed by atoms with E-state index in [1.54, 1.807) is 0 Å². The number of carboxylic acids is 3. The lowest BCUT2D eigenvalue weighted by atomic mass is 10.0. The number of carbonyl (C=O) groups is 3. The first-order chi connectivity index (χ1) is 6.36. The van der Waals surface area contributed by atoms with E-state index in [-0.39, 0.29) is 17.6 Å². The molecular formula is C8H10O6. The van der Waals surface area contributed by atoms with Crippen LogP contribution in [0.2, 0.25) is 0 Å². The third-order valence-corrected chi connectivity index (χ3v) is 1.62. The third kappa shape index (κ3) is 3.70. The van der Waals surface area contributed by atoms with Crippen LogP contribution in [0.3, 0.4) is 0 Å².